The van der Waals surface area contributed by atoms with E-state index in [-0.39, 0.29) is 12.3 Å². The van der Waals surface area contributed by atoms with Gasteiger partial charge in [-0.15, -0.1) is 0 Å². The third-order valence-corrected chi connectivity index (χ3v) is 4.17. The second-order valence-corrected chi connectivity index (χ2v) is 6.18. The largest absolute Gasteiger partial charge is 0.469 e. The van der Waals surface area contributed by atoms with Gasteiger partial charge in [-0.1, -0.05) is 29.8 Å². The maximum absolute atomic E-state index is 12.6. The zero-order valence-electron chi connectivity index (χ0n) is 14.5. The summed E-state index contributed by atoms with van der Waals surface area (Å²) in [4.78, 5) is 26.2. The number of esters is 1. The van der Waals surface area contributed by atoms with E-state index in [2.05, 4.69) is 5.32 Å². The first-order valence-electron chi connectivity index (χ1n) is 7.82. The van der Waals surface area contributed by atoms with Gasteiger partial charge >= 0.3 is 5.97 Å². The van der Waals surface area contributed by atoms with Crippen LogP contribution in [-0.4, -0.2) is 33.1 Å². The highest BCUT2D eigenvalue weighted by Crippen LogP contribution is 2.26. The normalized spacial score (nSPS) is 11.5. The van der Waals surface area contributed by atoms with E-state index in [9.17, 15) is 9.59 Å². The van der Waals surface area contributed by atoms with Gasteiger partial charge in [-0.25, -0.2) is 0 Å². The van der Waals surface area contributed by atoms with Crippen molar-refractivity contribution in [2.24, 2.45) is 0 Å². The number of nitrogens with one attached hydrogen (secondary N) is 1. The van der Waals surface area contributed by atoms with Gasteiger partial charge in [-0.3, -0.25) is 9.59 Å². The predicted octanol–water partition coefficient (Wildman–Crippen LogP) is 3.44. The Bertz CT molecular complexity index is 745. The van der Waals surface area contributed by atoms with Crippen molar-refractivity contribution in [3.8, 4) is 0 Å². The Balaban J connectivity index is 2.22. The average molecular weight is 361 g/mol. The van der Waals surface area contributed by atoms with Gasteiger partial charge in [0.1, 0.15) is 0 Å². The minimum absolute atomic E-state index is 0.00174. The van der Waals surface area contributed by atoms with Gasteiger partial charge in [0.25, 0.3) is 5.91 Å². The van der Waals surface area contributed by atoms with Gasteiger partial charge in [-0.05, 0) is 35.9 Å². The number of hydrogen-bond acceptors (Lipinski definition) is 4. The highest BCUT2D eigenvalue weighted by Gasteiger charge is 2.21. The van der Waals surface area contributed by atoms with Gasteiger partial charge in [-0.2, -0.15) is 0 Å². The van der Waals surface area contributed by atoms with E-state index in [0.29, 0.717) is 16.1 Å². The molecular weight excluding hydrogens is 340 g/mol. The zero-order valence-corrected chi connectivity index (χ0v) is 15.2. The van der Waals surface area contributed by atoms with Gasteiger partial charge in [0.05, 0.1) is 19.6 Å². The van der Waals surface area contributed by atoms with Gasteiger partial charge in [0.2, 0.25) is 0 Å². The molecule has 25 heavy (non-hydrogen) atoms. The number of halogens is 1. The van der Waals surface area contributed by atoms with Crippen molar-refractivity contribution in [3.05, 3.63) is 64.7 Å². The molecule has 0 radical (unpaired) electrons. The van der Waals surface area contributed by atoms with Crippen molar-refractivity contribution in [1.82, 2.24) is 5.32 Å². The first-order valence-corrected chi connectivity index (χ1v) is 8.19. The molecule has 1 atom stereocenters. The molecule has 0 bridgehead atoms. The number of benzene rings is 2. The van der Waals surface area contributed by atoms with Crippen molar-refractivity contribution < 1.29 is 14.3 Å². The monoisotopic (exact) mass is 360 g/mol. The molecule has 0 fully saturated rings. The standard InChI is InChI=1S/C19H21ClN2O3/c1-22(2)14-10-8-13(9-11-14)19(24)21-17(12-18(23)25-3)15-6-4-5-7-16(15)20/h4-11,17H,12H2,1-3H3,(H,21,24). The summed E-state index contributed by atoms with van der Waals surface area (Å²) >= 11 is 6.22. The average Bonchev–Trinajstić information content (AvgIpc) is 2.61. The fourth-order valence-electron chi connectivity index (χ4n) is 2.40. The fraction of sp³-hybridized carbons (Fsp3) is 0.263. The number of methoxy groups -OCH3 is 1. The molecule has 0 aliphatic heterocycles. The third-order valence-electron chi connectivity index (χ3n) is 3.83. The zero-order chi connectivity index (χ0) is 18.4. The van der Waals surface area contributed by atoms with Crippen LogP contribution in [0.3, 0.4) is 0 Å². The summed E-state index contributed by atoms with van der Waals surface area (Å²) in [6, 6.07) is 13.7. The minimum Gasteiger partial charge on any atom is -0.469 e. The molecule has 132 valence electrons. The molecule has 5 nitrogen and oxygen atoms in total. The maximum Gasteiger partial charge on any atom is 0.307 e. The van der Waals surface area contributed by atoms with Gasteiger partial charge < -0.3 is 15.0 Å². The quantitative estimate of drug-likeness (QED) is 0.802. The summed E-state index contributed by atoms with van der Waals surface area (Å²) in [6.07, 6.45) is 0.00174. The van der Waals surface area contributed by atoms with Gasteiger partial charge in [0, 0.05) is 30.4 Å². The van der Waals surface area contributed by atoms with Crippen LogP contribution in [0.1, 0.15) is 28.4 Å². The number of amides is 1. The third kappa shape index (κ3) is 4.97. The summed E-state index contributed by atoms with van der Waals surface area (Å²) in [5, 5.41) is 3.35. The Morgan fingerprint density at radius 1 is 1.12 bits per heavy atom. The number of nitrogens with zero attached hydrogens (tertiary/aromatic N) is 1. The molecule has 0 aromatic heterocycles. The molecule has 0 heterocycles. The van der Waals surface area contributed by atoms with E-state index in [1.807, 2.05) is 37.2 Å². The lowest BCUT2D eigenvalue weighted by Gasteiger charge is -2.20. The van der Waals surface area contributed by atoms with Crippen LogP contribution < -0.4 is 10.2 Å². The smallest absolute Gasteiger partial charge is 0.307 e. The molecule has 0 aliphatic carbocycles. The van der Waals surface area contributed by atoms with E-state index >= 15 is 0 Å². The Morgan fingerprint density at radius 2 is 1.76 bits per heavy atom. The molecule has 2 rings (SSSR count). The number of hydrogen-bond donors (Lipinski definition) is 1. The maximum atomic E-state index is 12.6. The second-order valence-electron chi connectivity index (χ2n) is 5.77. The number of carbonyl (C=O) groups is 2. The summed E-state index contributed by atoms with van der Waals surface area (Å²) in [7, 11) is 5.17. The number of carbonyl (C=O) groups excluding carboxylic acids is 2. The SMILES string of the molecule is COC(=O)CC(NC(=O)c1ccc(N(C)C)cc1)c1ccccc1Cl. The topological polar surface area (TPSA) is 58.6 Å². The van der Waals surface area contributed by atoms with Gasteiger partial charge in [0.15, 0.2) is 0 Å². The van der Waals surface area contributed by atoms with Crippen molar-refractivity contribution in [1.29, 1.82) is 0 Å². The lowest BCUT2D eigenvalue weighted by molar-refractivity contribution is -0.141. The van der Waals surface area contributed by atoms with E-state index in [4.69, 9.17) is 16.3 Å². The molecule has 0 saturated carbocycles. The Labute approximate surface area is 152 Å². The molecule has 2 aromatic rings. The molecule has 1 N–H and O–H groups in total. The number of rotatable bonds is 6. The van der Waals surface area contributed by atoms with Crippen LogP contribution in [0.25, 0.3) is 0 Å². The summed E-state index contributed by atoms with van der Waals surface area (Å²) in [5.41, 5.74) is 2.18. The Morgan fingerprint density at radius 3 is 2.32 bits per heavy atom. The van der Waals surface area contributed by atoms with E-state index < -0.39 is 12.0 Å². The van der Waals surface area contributed by atoms with Crippen LogP contribution in [0.4, 0.5) is 5.69 Å². The van der Waals surface area contributed by atoms with Crippen molar-refractivity contribution in [2.45, 2.75) is 12.5 Å². The number of ether oxygens (including phenoxy) is 1. The van der Waals surface area contributed by atoms with Crippen LogP contribution in [0, 0.1) is 0 Å². The van der Waals surface area contributed by atoms with Crippen LogP contribution in [0.15, 0.2) is 48.5 Å². The highest BCUT2D eigenvalue weighted by atomic mass is 35.5. The molecular formula is C19H21ClN2O3. The first-order chi connectivity index (χ1) is 11.9. The van der Waals surface area contributed by atoms with Crippen molar-refractivity contribution >= 4 is 29.2 Å². The van der Waals surface area contributed by atoms with E-state index in [1.165, 1.54) is 7.11 Å². The van der Waals surface area contributed by atoms with Crippen LogP contribution in [0.5, 0.6) is 0 Å². The summed E-state index contributed by atoms with van der Waals surface area (Å²) in [5.74, 6) is -0.702. The summed E-state index contributed by atoms with van der Waals surface area (Å²) < 4.78 is 4.73. The first kappa shape index (κ1) is 18.8. The Kier molecular flexibility index (Phi) is 6.42. The molecule has 2 aromatic carbocycles. The number of anilines is 1. The molecule has 0 spiro atoms. The lowest BCUT2D eigenvalue weighted by Crippen LogP contribution is -2.30. The molecule has 0 aliphatic rings. The second kappa shape index (κ2) is 8.53. The predicted molar refractivity (Wildman–Crippen MR) is 99.1 cm³/mol. The molecule has 0 saturated heterocycles. The highest BCUT2D eigenvalue weighted by molar-refractivity contribution is 6.31. The van der Waals surface area contributed by atoms with Crippen LogP contribution in [-0.2, 0) is 9.53 Å². The molecule has 6 heteroatoms. The minimum atomic E-state index is -0.567. The lowest BCUT2D eigenvalue weighted by atomic mass is 10.0. The van der Waals surface area contributed by atoms with Crippen LogP contribution in [0.2, 0.25) is 5.02 Å². The summed E-state index contributed by atoms with van der Waals surface area (Å²) in [6.45, 7) is 0. The van der Waals surface area contributed by atoms with E-state index in [1.54, 1.807) is 30.3 Å². The molecule has 1 amide bonds. The Hall–Kier alpha value is -2.53. The van der Waals surface area contributed by atoms with Crippen LogP contribution >= 0.6 is 11.6 Å². The van der Waals surface area contributed by atoms with E-state index in [0.717, 1.165) is 5.69 Å². The molecule has 1 unspecified atom stereocenters. The van der Waals surface area contributed by atoms with Crippen molar-refractivity contribution in [3.63, 3.8) is 0 Å². The fourth-order valence-corrected chi connectivity index (χ4v) is 2.67. The van der Waals surface area contributed by atoms with Crippen molar-refractivity contribution in [2.75, 3.05) is 26.1 Å².